The molecule has 3 aromatic carbocycles. The van der Waals surface area contributed by atoms with E-state index in [0.29, 0.717) is 56.2 Å². The lowest BCUT2D eigenvalue weighted by atomic mass is 9.95. The van der Waals surface area contributed by atoms with Crippen LogP contribution in [0.2, 0.25) is 0 Å². The highest BCUT2D eigenvalue weighted by Crippen LogP contribution is 2.41. The summed E-state index contributed by atoms with van der Waals surface area (Å²) in [5, 5.41) is 11.7. The number of nitrogens with zero attached hydrogens (tertiary/aromatic N) is 2. The highest BCUT2D eigenvalue weighted by atomic mass is 32.2. The van der Waals surface area contributed by atoms with Crippen molar-refractivity contribution in [1.29, 1.82) is 0 Å². The average Bonchev–Trinajstić information content (AvgIpc) is 3.35. The number of morpholine rings is 1. The SMILES string of the molecule is Cc1cc(-c2cc(C(F)(F)F)cc(C(F)(F)F)c2)cc(C=C2SC(=S)N(CCC(=O)Nc3ccc(C(=O)O)cc3)C2=O)c1OCCN1CCOCC1. The standard InChI is InChI=1S/C35H31F6N3O6S2/c1-20-14-22(23-16-25(34(36,37)38)19-26(17-23)35(39,40)41)15-24(30(20)50-13-10-43-8-11-49-12-9-43)18-28-31(46)44(33(51)52-28)7-6-29(45)42-27-4-2-21(3-5-27)32(47)48/h2-5,14-19H,6-13H2,1H3,(H,42,45)(H,47,48). The molecule has 3 aromatic rings. The van der Waals surface area contributed by atoms with Gasteiger partial charge < -0.3 is 19.9 Å². The Kier molecular flexibility index (Phi) is 12.0. The van der Waals surface area contributed by atoms with E-state index in [1.54, 1.807) is 6.92 Å². The predicted octanol–water partition coefficient (Wildman–Crippen LogP) is 7.34. The van der Waals surface area contributed by atoms with Crippen molar-refractivity contribution < 1.29 is 55.3 Å². The van der Waals surface area contributed by atoms with Crippen LogP contribution in [0.4, 0.5) is 32.0 Å². The number of amides is 2. The monoisotopic (exact) mass is 767 g/mol. The molecule has 0 atom stereocenters. The molecule has 2 aliphatic heterocycles. The topological polar surface area (TPSA) is 108 Å². The largest absolute Gasteiger partial charge is 0.491 e. The van der Waals surface area contributed by atoms with Gasteiger partial charge in [0.1, 0.15) is 16.7 Å². The predicted molar refractivity (Wildman–Crippen MR) is 186 cm³/mol. The van der Waals surface area contributed by atoms with Crippen molar-refractivity contribution in [3.8, 4) is 16.9 Å². The minimum absolute atomic E-state index is 0.0319. The summed E-state index contributed by atoms with van der Waals surface area (Å²) in [4.78, 5) is 40.6. The lowest BCUT2D eigenvalue weighted by Crippen LogP contribution is -2.38. The maximum Gasteiger partial charge on any atom is 0.416 e. The molecular weight excluding hydrogens is 737 g/mol. The molecule has 2 N–H and O–H groups in total. The minimum atomic E-state index is -5.05. The molecule has 9 nitrogen and oxygen atoms in total. The van der Waals surface area contributed by atoms with Gasteiger partial charge in [0, 0.05) is 43.9 Å². The first kappa shape index (κ1) is 38.8. The second-order valence-electron chi connectivity index (χ2n) is 11.8. The number of nitrogens with one attached hydrogen (secondary N) is 1. The zero-order valence-electron chi connectivity index (χ0n) is 27.4. The number of aryl methyl sites for hydroxylation is 1. The first-order valence-corrected chi connectivity index (χ1v) is 17.0. The molecule has 0 aromatic heterocycles. The lowest BCUT2D eigenvalue weighted by molar-refractivity contribution is -0.143. The normalized spacial score (nSPS) is 16.4. The first-order valence-electron chi connectivity index (χ1n) is 15.8. The third kappa shape index (κ3) is 9.70. The van der Waals surface area contributed by atoms with E-state index in [2.05, 4.69) is 10.2 Å². The summed E-state index contributed by atoms with van der Waals surface area (Å²) in [5.74, 6) is -1.88. The number of halogens is 6. The van der Waals surface area contributed by atoms with Crippen molar-refractivity contribution in [1.82, 2.24) is 9.80 Å². The minimum Gasteiger partial charge on any atom is -0.491 e. The quantitative estimate of drug-likeness (QED) is 0.118. The molecule has 52 heavy (non-hydrogen) atoms. The molecule has 2 saturated heterocycles. The number of aromatic carboxylic acids is 1. The Hall–Kier alpha value is -4.45. The second kappa shape index (κ2) is 16.1. The molecule has 2 fully saturated rings. The van der Waals surface area contributed by atoms with E-state index in [4.69, 9.17) is 26.8 Å². The molecule has 17 heteroatoms. The number of ether oxygens (including phenoxy) is 2. The van der Waals surface area contributed by atoms with Crippen LogP contribution < -0.4 is 10.1 Å². The van der Waals surface area contributed by atoms with Gasteiger partial charge >= 0.3 is 18.3 Å². The zero-order valence-corrected chi connectivity index (χ0v) is 29.0. The fourth-order valence-corrected chi connectivity index (χ4v) is 6.76. The number of thioether (sulfide) groups is 1. The highest BCUT2D eigenvalue weighted by Gasteiger charge is 2.37. The van der Waals surface area contributed by atoms with Crippen LogP contribution >= 0.6 is 24.0 Å². The van der Waals surface area contributed by atoms with Gasteiger partial charge in [-0.3, -0.25) is 19.4 Å². The maximum atomic E-state index is 13.7. The van der Waals surface area contributed by atoms with Crippen LogP contribution in [0.3, 0.4) is 0 Å². The molecule has 5 rings (SSSR count). The highest BCUT2D eigenvalue weighted by molar-refractivity contribution is 8.26. The molecule has 276 valence electrons. The van der Waals surface area contributed by atoms with Crippen LogP contribution in [-0.2, 0) is 26.7 Å². The van der Waals surface area contributed by atoms with Crippen LogP contribution in [0.15, 0.2) is 59.5 Å². The van der Waals surface area contributed by atoms with E-state index in [1.807, 2.05) is 0 Å². The summed E-state index contributed by atoms with van der Waals surface area (Å²) >= 11 is 6.33. The molecule has 0 spiro atoms. The first-order chi connectivity index (χ1) is 24.5. The van der Waals surface area contributed by atoms with E-state index in [0.717, 1.165) is 11.8 Å². The van der Waals surface area contributed by atoms with Crippen molar-refractivity contribution in [2.24, 2.45) is 0 Å². The van der Waals surface area contributed by atoms with Gasteiger partial charge in [-0.25, -0.2) is 4.79 Å². The summed E-state index contributed by atoms with van der Waals surface area (Å²) < 4.78 is 93.9. The molecule has 2 heterocycles. The smallest absolute Gasteiger partial charge is 0.416 e. The Labute approximate surface area is 303 Å². The van der Waals surface area contributed by atoms with Crippen molar-refractivity contribution >= 4 is 57.8 Å². The summed E-state index contributed by atoms with van der Waals surface area (Å²) in [6, 6.07) is 9.61. The molecular formula is C35H31F6N3O6S2. The number of carbonyl (C=O) groups is 3. The molecule has 0 aliphatic carbocycles. The molecule has 0 saturated carbocycles. The van der Waals surface area contributed by atoms with Crippen LogP contribution in [0.25, 0.3) is 17.2 Å². The maximum absolute atomic E-state index is 13.7. The molecule has 0 bridgehead atoms. The van der Waals surface area contributed by atoms with Crippen molar-refractivity contribution in [2.75, 3.05) is 51.3 Å². The number of rotatable bonds is 11. The van der Waals surface area contributed by atoms with E-state index in [9.17, 15) is 40.7 Å². The third-order valence-corrected chi connectivity index (χ3v) is 9.50. The Balaban J connectivity index is 1.42. The fourth-order valence-electron chi connectivity index (χ4n) is 5.46. The third-order valence-electron chi connectivity index (χ3n) is 8.12. The van der Waals surface area contributed by atoms with E-state index < -0.39 is 41.3 Å². The summed E-state index contributed by atoms with van der Waals surface area (Å²) in [5.41, 5.74) is -2.23. The van der Waals surface area contributed by atoms with Crippen LogP contribution in [0.1, 0.15) is 39.0 Å². The van der Waals surface area contributed by atoms with Gasteiger partial charge in [-0.1, -0.05) is 24.0 Å². The molecule has 0 radical (unpaired) electrons. The van der Waals surface area contributed by atoms with E-state index in [-0.39, 0.29) is 62.9 Å². The number of benzene rings is 3. The molecule has 2 aliphatic rings. The number of anilines is 1. The van der Waals surface area contributed by atoms with Gasteiger partial charge in [0.15, 0.2) is 0 Å². The van der Waals surface area contributed by atoms with Gasteiger partial charge in [-0.2, -0.15) is 26.3 Å². The summed E-state index contributed by atoms with van der Waals surface area (Å²) in [6.07, 6.45) is -8.84. The Bertz CT molecular complexity index is 1860. The van der Waals surface area contributed by atoms with Gasteiger partial charge in [0.2, 0.25) is 5.91 Å². The number of thiocarbonyl (C=S) groups is 1. The summed E-state index contributed by atoms with van der Waals surface area (Å²) in [7, 11) is 0. The van der Waals surface area contributed by atoms with Gasteiger partial charge in [0.25, 0.3) is 5.91 Å². The van der Waals surface area contributed by atoms with Crippen molar-refractivity contribution in [3.05, 3.63) is 87.3 Å². The number of carbonyl (C=O) groups excluding carboxylic acids is 2. The average molecular weight is 768 g/mol. The van der Waals surface area contributed by atoms with Crippen LogP contribution in [-0.4, -0.2) is 83.0 Å². The summed E-state index contributed by atoms with van der Waals surface area (Å²) in [6.45, 7) is 4.68. The molecule has 2 amide bonds. The number of hydrogen-bond donors (Lipinski definition) is 2. The molecule has 0 unspecified atom stereocenters. The Morgan fingerprint density at radius 1 is 0.962 bits per heavy atom. The van der Waals surface area contributed by atoms with Gasteiger partial charge in [-0.15, -0.1) is 0 Å². The number of carboxylic acids is 1. The van der Waals surface area contributed by atoms with Gasteiger partial charge in [0.05, 0.1) is 34.8 Å². The number of hydrogen-bond acceptors (Lipinski definition) is 8. The van der Waals surface area contributed by atoms with E-state index in [1.165, 1.54) is 47.4 Å². The van der Waals surface area contributed by atoms with Crippen molar-refractivity contribution in [3.63, 3.8) is 0 Å². The van der Waals surface area contributed by atoms with Crippen LogP contribution in [0, 0.1) is 6.92 Å². The Morgan fingerprint density at radius 3 is 2.17 bits per heavy atom. The fraction of sp³-hybridized carbons (Fsp3) is 0.314. The number of alkyl halides is 6. The second-order valence-corrected chi connectivity index (χ2v) is 13.5. The van der Waals surface area contributed by atoms with E-state index >= 15 is 0 Å². The lowest BCUT2D eigenvalue weighted by Gasteiger charge is -2.26. The number of carboxylic acid groups (broad SMARTS) is 1. The zero-order chi connectivity index (χ0) is 37.8. The van der Waals surface area contributed by atoms with Gasteiger partial charge in [-0.05, 0) is 84.3 Å². The Morgan fingerprint density at radius 2 is 1.58 bits per heavy atom. The van der Waals surface area contributed by atoms with Crippen LogP contribution in [0.5, 0.6) is 5.75 Å². The van der Waals surface area contributed by atoms with Crippen molar-refractivity contribution in [2.45, 2.75) is 25.7 Å².